The molecule has 188 valence electrons. The predicted molar refractivity (Wildman–Crippen MR) is 135 cm³/mol. The van der Waals surface area contributed by atoms with Crippen molar-refractivity contribution in [2.24, 2.45) is 0 Å². The number of aromatic nitrogens is 6. The number of carbonyl (C=O) groups excluding carboxylic acids is 2. The van der Waals surface area contributed by atoms with Gasteiger partial charge in [-0.1, -0.05) is 6.07 Å². The van der Waals surface area contributed by atoms with E-state index in [0.29, 0.717) is 50.4 Å². The number of imidazole rings is 1. The molecule has 0 unspecified atom stereocenters. The normalized spacial score (nSPS) is 19.8. The zero-order chi connectivity index (χ0) is 25.3. The summed E-state index contributed by atoms with van der Waals surface area (Å²) in [5.41, 5.74) is 5.60. The van der Waals surface area contributed by atoms with E-state index < -0.39 is 5.41 Å². The molecule has 6 heterocycles. The summed E-state index contributed by atoms with van der Waals surface area (Å²) in [7, 11) is 0. The van der Waals surface area contributed by atoms with E-state index >= 15 is 0 Å². The summed E-state index contributed by atoms with van der Waals surface area (Å²) >= 11 is 0. The summed E-state index contributed by atoms with van der Waals surface area (Å²) < 4.78 is 2.18. The van der Waals surface area contributed by atoms with Crippen molar-refractivity contribution >= 4 is 28.7 Å². The Morgan fingerprint density at radius 3 is 2.78 bits per heavy atom. The van der Waals surface area contributed by atoms with Gasteiger partial charge >= 0.3 is 6.03 Å². The number of anilines is 1. The molecule has 3 aromatic heterocycles. The third kappa shape index (κ3) is 3.19. The quantitative estimate of drug-likeness (QED) is 0.370. The number of amides is 3. The lowest BCUT2D eigenvalue weighted by Gasteiger charge is -2.37. The number of rotatable bonds is 1. The minimum Gasteiger partial charge on any atom is -0.328 e. The smallest absolute Gasteiger partial charge is 0.317 e. The van der Waals surface area contributed by atoms with Crippen LogP contribution >= 0.6 is 0 Å². The van der Waals surface area contributed by atoms with Crippen LogP contribution < -0.4 is 10.6 Å². The average Bonchev–Trinajstić information content (AvgIpc) is 3.57. The van der Waals surface area contributed by atoms with Crippen LogP contribution in [-0.4, -0.2) is 59.6 Å². The molecule has 0 aliphatic carbocycles. The van der Waals surface area contributed by atoms with Crippen LogP contribution in [0.3, 0.4) is 0 Å². The summed E-state index contributed by atoms with van der Waals surface area (Å²) in [6.07, 6.45) is 8.61. The van der Waals surface area contributed by atoms with E-state index in [0.717, 1.165) is 28.0 Å². The lowest BCUT2D eigenvalue weighted by molar-refractivity contribution is -0.122. The maximum atomic E-state index is 13.5. The van der Waals surface area contributed by atoms with Gasteiger partial charge in [-0.05, 0) is 43.4 Å². The third-order valence-electron chi connectivity index (χ3n) is 8.30. The van der Waals surface area contributed by atoms with Crippen LogP contribution in [0.4, 0.5) is 10.6 Å². The molecule has 1 fully saturated rings. The van der Waals surface area contributed by atoms with Gasteiger partial charge in [0, 0.05) is 49.2 Å². The number of nitrogens with zero attached hydrogens (tertiary/aromatic N) is 6. The molecule has 11 nitrogen and oxygen atoms in total. The minimum absolute atomic E-state index is 0.0763. The number of hydrogen-bond donors (Lipinski definition) is 3. The Balaban J connectivity index is 1.15. The van der Waals surface area contributed by atoms with Crippen molar-refractivity contribution in [1.82, 2.24) is 39.9 Å². The van der Waals surface area contributed by atoms with E-state index in [2.05, 4.69) is 48.4 Å². The van der Waals surface area contributed by atoms with Crippen molar-refractivity contribution in [3.05, 3.63) is 64.8 Å². The Morgan fingerprint density at radius 1 is 1.14 bits per heavy atom. The predicted octanol–water partition coefficient (Wildman–Crippen LogP) is 2.51. The van der Waals surface area contributed by atoms with E-state index in [4.69, 9.17) is 4.98 Å². The van der Waals surface area contributed by atoms with Crippen LogP contribution in [0.1, 0.15) is 52.8 Å². The molecule has 1 saturated heterocycles. The van der Waals surface area contributed by atoms with E-state index in [1.807, 2.05) is 19.3 Å². The van der Waals surface area contributed by atoms with Gasteiger partial charge in [0.25, 0.3) is 0 Å². The molecular formula is C26H27N9O2. The second-order valence-corrected chi connectivity index (χ2v) is 10.3. The number of aryl methyl sites for hydroxylation is 2. The highest BCUT2D eigenvalue weighted by Crippen LogP contribution is 2.42. The van der Waals surface area contributed by atoms with Crippen molar-refractivity contribution in [3.8, 4) is 0 Å². The zero-order valence-corrected chi connectivity index (χ0v) is 20.7. The first-order chi connectivity index (χ1) is 17.9. The number of fused-ring (bicyclic) bond motifs is 6. The van der Waals surface area contributed by atoms with Crippen LogP contribution in [0, 0.1) is 13.8 Å². The number of hydrogen-bond acceptors (Lipinski definition) is 6. The van der Waals surface area contributed by atoms with Gasteiger partial charge < -0.3 is 20.1 Å². The maximum Gasteiger partial charge on any atom is 0.317 e. The second-order valence-electron chi connectivity index (χ2n) is 10.3. The van der Waals surface area contributed by atoms with Gasteiger partial charge in [0.15, 0.2) is 5.82 Å². The minimum atomic E-state index is -0.720. The van der Waals surface area contributed by atoms with Gasteiger partial charge in [-0.25, -0.2) is 14.8 Å². The SMILES string of the molecule is Cc1cc2c(c3cn[nH]c13)Cn1c(C)cnc1[C@H](NC(=O)N1CCC3(CC1)C(=O)Nc1nccnc13)C2. The van der Waals surface area contributed by atoms with Crippen molar-refractivity contribution in [1.29, 1.82) is 0 Å². The van der Waals surface area contributed by atoms with Gasteiger partial charge in [0.05, 0.1) is 35.4 Å². The third-order valence-corrected chi connectivity index (χ3v) is 8.30. The van der Waals surface area contributed by atoms with Gasteiger partial charge in [-0.15, -0.1) is 0 Å². The van der Waals surface area contributed by atoms with Crippen molar-refractivity contribution < 1.29 is 9.59 Å². The van der Waals surface area contributed by atoms with Crippen LogP contribution in [0.25, 0.3) is 10.9 Å². The number of piperidine rings is 1. The number of likely N-dealkylation sites (tertiary alicyclic amines) is 1. The number of urea groups is 1. The van der Waals surface area contributed by atoms with Crippen LogP contribution in [-0.2, 0) is 23.2 Å². The van der Waals surface area contributed by atoms with Crippen LogP contribution in [0.15, 0.2) is 30.9 Å². The topological polar surface area (TPSA) is 134 Å². The molecule has 3 N–H and O–H groups in total. The fourth-order valence-electron chi connectivity index (χ4n) is 6.24. The molecule has 3 aliphatic rings. The molecule has 37 heavy (non-hydrogen) atoms. The number of benzene rings is 1. The first-order valence-electron chi connectivity index (χ1n) is 12.6. The highest BCUT2D eigenvalue weighted by Gasteiger charge is 2.51. The molecule has 7 rings (SSSR count). The lowest BCUT2D eigenvalue weighted by Crippen LogP contribution is -2.51. The summed E-state index contributed by atoms with van der Waals surface area (Å²) in [6.45, 7) is 5.72. The van der Waals surface area contributed by atoms with E-state index in [9.17, 15) is 9.59 Å². The standard InChI is InChI=1S/C26H27N9O2/c1-14-9-16-10-19(23-29-11-15(2)35(23)13-18(16)17-12-30-33-20(14)17)31-25(37)34-7-3-26(4-8-34)21-22(32-24(26)36)28-6-5-27-21/h5-6,9,11-12,19H,3-4,7-8,10,13H2,1-2H3,(H,30,33)(H,31,37)(H,28,32,36)/t19-/m1/s1. The highest BCUT2D eigenvalue weighted by atomic mass is 16.2. The second kappa shape index (κ2) is 7.86. The molecule has 1 aromatic carbocycles. The van der Waals surface area contributed by atoms with Gasteiger partial charge in [-0.2, -0.15) is 5.10 Å². The molecule has 3 aliphatic heterocycles. The van der Waals surface area contributed by atoms with Crippen molar-refractivity contribution in [3.63, 3.8) is 0 Å². The lowest BCUT2D eigenvalue weighted by atomic mass is 9.76. The molecule has 0 saturated carbocycles. The first-order valence-corrected chi connectivity index (χ1v) is 12.6. The Bertz CT molecular complexity index is 1580. The number of H-pyrrole nitrogens is 1. The van der Waals surface area contributed by atoms with Crippen molar-refractivity contribution in [2.75, 3.05) is 18.4 Å². The Hall–Kier alpha value is -4.28. The summed E-state index contributed by atoms with van der Waals surface area (Å²) in [5, 5.41) is 14.6. The number of nitrogens with one attached hydrogen (secondary N) is 3. The maximum absolute atomic E-state index is 13.5. The van der Waals surface area contributed by atoms with Crippen molar-refractivity contribution in [2.45, 2.75) is 51.1 Å². The number of carbonyl (C=O) groups is 2. The fraction of sp³-hybridized carbons (Fsp3) is 0.385. The first kappa shape index (κ1) is 22.0. The van der Waals surface area contributed by atoms with E-state index in [1.54, 1.807) is 17.3 Å². The average molecular weight is 498 g/mol. The monoisotopic (exact) mass is 497 g/mol. The van der Waals surface area contributed by atoms with Crippen LogP contribution in [0.5, 0.6) is 0 Å². The number of aromatic amines is 1. The molecule has 4 aromatic rings. The van der Waals surface area contributed by atoms with Crippen LogP contribution in [0.2, 0.25) is 0 Å². The van der Waals surface area contributed by atoms with E-state index in [1.165, 1.54) is 11.1 Å². The van der Waals surface area contributed by atoms with Gasteiger partial charge in [-0.3, -0.25) is 14.9 Å². The largest absolute Gasteiger partial charge is 0.328 e. The van der Waals surface area contributed by atoms with Gasteiger partial charge in [0.2, 0.25) is 5.91 Å². The molecular weight excluding hydrogens is 470 g/mol. The molecule has 0 bridgehead atoms. The van der Waals surface area contributed by atoms with E-state index in [-0.39, 0.29) is 18.0 Å². The molecule has 1 spiro atoms. The molecule has 1 atom stereocenters. The Morgan fingerprint density at radius 2 is 1.95 bits per heavy atom. The molecule has 3 amide bonds. The zero-order valence-electron chi connectivity index (χ0n) is 20.7. The molecule has 11 heteroatoms. The molecule has 0 radical (unpaired) electrons. The summed E-state index contributed by atoms with van der Waals surface area (Å²) in [6, 6.07) is 1.77. The van der Waals surface area contributed by atoms with Gasteiger partial charge in [0.1, 0.15) is 5.82 Å². The summed E-state index contributed by atoms with van der Waals surface area (Å²) in [4.78, 5) is 41.6. The Labute approximate surface area is 212 Å². The highest BCUT2D eigenvalue weighted by molar-refractivity contribution is 6.04. The summed E-state index contributed by atoms with van der Waals surface area (Å²) in [5.74, 6) is 1.31. The Kier molecular flexibility index (Phi) is 4.66. The fourth-order valence-corrected chi connectivity index (χ4v) is 6.24.